The standard InChI is InChI=1S/C17H32OSi/c1-8-13-17(14-11-10-12-15(17)9-2)18-19(6,7)16(3,4)5/h8-9,15H,1-2,10-14H2,3-7H3/t15-,17+/m0/s1. The van der Waals surface area contributed by atoms with Crippen molar-refractivity contribution in [3.8, 4) is 0 Å². The molecule has 0 saturated heterocycles. The van der Waals surface area contributed by atoms with E-state index in [1.54, 1.807) is 0 Å². The lowest BCUT2D eigenvalue weighted by atomic mass is 9.73. The van der Waals surface area contributed by atoms with Gasteiger partial charge in [0.2, 0.25) is 0 Å². The summed E-state index contributed by atoms with van der Waals surface area (Å²) in [5.74, 6) is 0.480. The van der Waals surface area contributed by atoms with Crippen LogP contribution in [0.1, 0.15) is 52.9 Å². The Hall–Kier alpha value is -0.343. The van der Waals surface area contributed by atoms with E-state index in [2.05, 4.69) is 53.1 Å². The van der Waals surface area contributed by atoms with Crippen molar-refractivity contribution >= 4 is 8.32 Å². The summed E-state index contributed by atoms with van der Waals surface area (Å²) < 4.78 is 6.87. The van der Waals surface area contributed by atoms with Gasteiger partial charge < -0.3 is 4.43 Å². The van der Waals surface area contributed by atoms with E-state index in [9.17, 15) is 0 Å². The van der Waals surface area contributed by atoms with Crippen LogP contribution in [0.25, 0.3) is 0 Å². The van der Waals surface area contributed by atoms with Gasteiger partial charge in [-0.25, -0.2) is 0 Å². The summed E-state index contributed by atoms with van der Waals surface area (Å²) in [4.78, 5) is 0. The van der Waals surface area contributed by atoms with Crippen LogP contribution >= 0.6 is 0 Å². The van der Waals surface area contributed by atoms with Crippen LogP contribution in [-0.4, -0.2) is 13.9 Å². The molecule has 0 spiro atoms. The SMILES string of the molecule is C=CC[C@@]1(O[Si](C)(C)C(C)(C)C)CCCC[C@@H]1C=C. The van der Waals surface area contributed by atoms with Gasteiger partial charge in [0.05, 0.1) is 5.60 Å². The predicted molar refractivity (Wildman–Crippen MR) is 88.0 cm³/mol. The molecule has 0 bridgehead atoms. The molecule has 1 rings (SSSR count). The zero-order chi connectivity index (χ0) is 14.7. The van der Waals surface area contributed by atoms with E-state index in [0.29, 0.717) is 5.92 Å². The lowest BCUT2D eigenvalue weighted by Gasteiger charge is -2.50. The molecule has 1 saturated carbocycles. The molecule has 2 atom stereocenters. The summed E-state index contributed by atoms with van der Waals surface area (Å²) in [6, 6.07) is 0. The topological polar surface area (TPSA) is 9.23 Å². The van der Waals surface area contributed by atoms with Crippen molar-refractivity contribution in [1.29, 1.82) is 0 Å². The van der Waals surface area contributed by atoms with Crippen LogP contribution in [-0.2, 0) is 4.43 Å². The molecule has 2 heteroatoms. The highest BCUT2D eigenvalue weighted by Crippen LogP contribution is 2.47. The fraction of sp³-hybridized carbons (Fsp3) is 0.765. The van der Waals surface area contributed by atoms with Crippen molar-refractivity contribution in [1.82, 2.24) is 0 Å². The summed E-state index contributed by atoms with van der Waals surface area (Å²) >= 11 is 0. The molecule has 1 aliphatic carbocycles. The van der Waals surface area contributed by atoms with Gasteiger partial charge in [-0.3, -0.25) is 0 Å². The number of rotatable bonds is 5. The molecule has 0 heterocycles. The lowest BCUT2D eigenvalue weighted by Crippen LogP contribution is -2.53. The number of hydrogen-bond donors (Lipinski definition) is 0. The van der Waals surface area contributed by atoms with E-state index in [1.807, 2.05) is 6.08 Å². The highest BCUT2D eigenvalue weighted by molar-refractivity contribution is 6.74. The van der Waals surface area contributed by atoms with Gasteiger partial charge in [-0.1, -0.05) is 45.8 Å². The van der Waals surface area contributed by atoms with Crippen LogP contribution in [0.5, 0.6) is 0 Å². The first-order valence-corrected chi connectivity index (χ1v) is 10.5. The van der Waals surface area contributed by atoms with E-state index in [0.717, 1.165) is 12.8 Å². The van der Waals surface area contributed by atoms with Crippen molar-refractivity contribution in [2.75, 3.05) is 0 Å². The fourth-order valence-corrected chi connectivity index (χ4v) is 4.56. The van der Waals surface area contributed by atoms with Crippen molar-refractivity contribution in [2.45, 2.75) is 76.6 Å². The first-order chi connectivity index (χ1) is 8.68. The molecule has 0 aromatic rings. The Morgan fingerprint density at radius 1 is 1.26 bits per heavy atom. The monoisotopic (exact) mass is 280 g/mol. The summed E-state index contributed by atoms with van der Waals surface area (Å²) in [5, 5.41) is 0.254. The first kappa shape index (κ1) is 16.7. The molecule has 1 nitrogen and oxygen atoms in total. The third kappa shape index (κ3) is 3.60. The van der Waals surface area contributed by atoms with E-state index in [-0.39, 0.29) is 10.6 Å². The first-order valence-electron chi connectivity index (χ1n) is 7.62. The molecular weight excluding hydrogens is 248 g/mol. The molecule has 1 aliphatic rings. The predicted octanol–water partition coefficient (Wildman–Crippen LogP) is 5.70. The maximum absolute atomic E-state index is 6.87. The molecule has 0 N–H and O–H groups in total. The van der Waals surface area contributed by atoms with E-state index >= 15 is 0 Å². The summed E-state index contributed by atoms with van der Waals surface area (Å²) in [6.45, 7) is 19.7. The lowest BCUT2D eigenvalue weighted by molar-refractivity contribution is -0.0143. The van der Waals surface area contributed by atoms with Crippen LogP contribution < -0.4 is 0 Å². The van der Waals surface area contributed by atoms with Gasteiger partial charge >= 0.3 is 0 Å². The normalized spacial score (nSPS) is 29.0. The van der Waals surface area contributed by atoms with E-state index < -0.39 is 8.32 Å². The highest BCUT2D eigenvalue weighted by Gasteiger charge is 2.47. The average molecular weight is 281 g/mol. The van der Waals surface area contributed by atoms with Crippen LogP contribution in [0.4, 0.5) is 0 Å². The van der Waals surface area contributed by atoms with Gasteiger partial charge in [-0.15, -0.1) is 13.2 Å². The van der Waals surface area contributed by atoms with Crippen LogP contribution in [0, 0.1) is 5.92 Å². The minimum Gasteiger partial charge on any atom is -0.410 e. The van der Waals surface area contributed by atoms with E-state index in [1.165, 1.54) is 19.3 Å². The Bertz CT molecular complexity index is 327. The molecule has 0 amide bonds. The Labute approximate surface area is 121 Å². The van der Waals surface area contributed by atoms with Gasteiger partial charge in [0.15, 0.2) is 8.32 Å². The number of hydrogen-bond acceptors (Lipinski definition) is 1. The second-order valence-corrected chi connectivity index (χ2v) is 12.2. The summed E-state index contributed by atoms with van der Waals surface area (Å²) in [5.41, 5.74) is -0.0370. The minimum atomic E-state index is -1.76. The Morgan fingerprint density at radius 3 is 2.37 bits per heavy atom. The molecule has 0 radical (unpaired) electrons. The molecule has 19 heavy (non-hydrogen) atoms. The van der Waals surface area contributed by atoms with Crippen LogP contribution in [0.15, 0.2) is 25.3 Å². The molecule has 0 unspecified atom stereocenters. The van der Waals surface area contributed by atoms with Gasteiger partial charge in [-0.2, -0.15) is 0 Å². The van der Waals surface area contributed by atoms with Gasteiger partial charge in [0.1, 0.15) is 0 Å². The molecule has 0 aromatic heterocycles. The fourth-order valence-electron chi connectivity index (χ4n) is 2.90. The Morgan fingerprint density at radius 2 is 1.89 bits per heavy atom. The van der Waals surface area contributed by atoms with Crippen LogP contribution in [0.2, 0.25) is 18.1 Å². The maximum Gasteiger partial charge on any atom is 0.192 e. The third-order valence-corrected chi connectivity index (χ3v) is 9.61. The summed E-state index contributed by atoms with van der Waals surface area (Å²) in [7, 11) is -1.76. The quantitative estimate of drug-likeness (QED) is 0.463. The van der Waals surface area contributed by atoms with Crippen molar-refractivity contribution < 1.29 is 4.43 Å². The van der Waals surface area contributed by atoms with Crippen molar-refractivity contribution in [3.63, 3.8) is 0 Å². The maximum atomic E-state index is 6.87. The molecule has 0 aromatic carbocycles. The molecule has 0 aliphatic heterocycles. The van der Waals surface area contributed by atoms with Crippen molar-refractivity contribution in [3.05, 3.63) is 25.3 Å². The van der Waals surface area contributed by atoms with Gasteiger partial charge in [-0.05, 0) is 37.4 Å². The Kier molecular flexibility index (Phi) is 5.25. The minimum absolute atomic E-state index is 0.0370. The van der Waals surface area contributed by atoms with Gasteiger partial charge in [0, 0.05) is 5.92 Å². The van der Waals surface area contributed by atoms with Crippen LogP contribution in [0.3, 0.4) is 0 Å². The Balaban J connectivity index is 3.05. The summed E-state index contributed by atoms with van der Waals surface area (Å²) in [6.07, 6.45) is 10.1. The second kappa shape index (κ2) is 5.97. The zero-order valence-electron chi connectivity index (χ0n) is 13.6. The smallest absolute Gasteiger partial charge is 0.192 e. The zero-order valence-corrected chi connectivity index (χ0v) is 14.6. The second-order valence-electron chi connectivity index (χ2n) is 7.51. The molecule has 1 fully saturated rings. The largest absolute Gasteiger partial charge is 0.410 e. The van der Waals surface area contributed by atoms with Crippen molar-refractivity contribution in [2.24, 2.45) is 5.92 Å². The molecule has 110 valence electrons. The third-order valence-electron chi connectivity index (χ3n) is 5.08. The molecular formula is C17H32OSi. The van der Waals surface area contributed by atoms with Gasteiger partial charge in [0.25, 0.3) is 0 Å². The van der Waals surface area contributed by atoms with E-state index in [4.69, 9.17) is 4.43 Å². The highest BCUT2D eigenvalue weighted by atomic mass is 28.4. The average Bonchev–Trinajstić information content (AvgIpc) is 2.27.